The van der Waals surface area contributed by atoms with Crippen LogP contribution in [0.5, 0.6) is 0 Å². The van der Waals surface area contributed by atoms with Gasteiger partial charge in [0.2, 0.25) is 0 Å². The molecule has 0 aliphatic heterocycles. The fourth-order valence-electron chi connectivity index (χ4n) is 8.08. The lowest BCUT2D eigenvalue weighted by Crippen LogP contribution is -2.36. The first-order chi connectivity index (χ1) is 20.3. The minimum absolute atomic E-state index is 0.173. The summed E-state index contributed by atoms with van der Waals surface area (Å²) >= 11 is 0. The summed E-state index contributed by atoms with van der Waals surface area (Å²) in [5, 5.41) is 9.18. The van der Waals surface area contributed by atoms with Gasteiger partial charge in [-0.1, -0.05) is 39.8 Å². The number of aromatic nitrogens is 3. The fourth-order valence-corrected chi connectivity index (χ4v) is 8.08. The summed E-state index contributed by atoms with van der Waals surface area (Å²) in [6, 6.07) is 11.2. The maximum atomic E-state index is 14.1. The van der Waals surface area contributed by atoms with Gasteiger partial charge in [-0.25, -0.2) is 0 Å². The molecule has 0 fully saturated rings. The molecule has 42 heavy (non-hydrogen) atoms. The third kappa shape index (κ3) is 2.68. The molecule has 5 aromatic carbocycles. The van der Waals surface area contributed by atoms with Crippen LogP contribution >= 0.6 is 0 Å². The highest BCUT2D eigenvalue weighted by atomic mass is 16.2. The number of hydrogen-bond acceptors (Lipinski definition) is 4. The third-order valence-corrected chi connectivity index (χ3v) is 10.2. The Hall–Kier alpha value is -4.52. The quantitative estimate of drug-likeness (QED) is 0.170. The number of benzene rings is 5. The molecule has 0 N–H and O–H groups in total. The van der Waals surface area contributed by atoms with Gasteiger partial charge in [-0.2, -0.15) is 0 Å². The number of aryl methyl sites for hydroxylation is 1. The second-order valence-electron chi connectivity index (χ2n) is 11.9. The molecule has 0 saturated heterocycles. The predicted octanol–water partition coefficient (Wildman–Crippen LogP) is 6.61. The topological polar surface area (TPSA) is 83.1 Å². The Balaban J connectivity index is 1.69. The Morgan fingerprint density at radius 2 is 0.810 bits per heavy atom. The molecule has 0 atom stereocenters. The smallest absolute Gasteiger partial charge is 0.261 e. The van der Waals surface area contributed by atoms with E-state index in [9.17, 15) is 19.2 Å². The number of hydrogen-bond donors (Lipinski definition) is 0. The Kier molecular flexibility index (Phi) is 4.97. The molecule has 0 saturated carbocycles. The average molecular weight is 558 g/mol. The van der Waals surface area contributed by atoms with Crippen LogP contribution in [0.4, 0.5) is 0 Å². The van der Waals surface area contributed by atoms with Crippen molar-refractivity contribution in [2.24, 2.45) is 7.05 Å². The zero-order chi connectivity index (χ0) is 29.4. The lowest BCUT2D eigenvalue weighted by atomic mass is 9.86. The SMILES string of the molecule is CCC(CC)n1c(=O)c2ccc3c4ccc5c(=O)n(C(CC)CC)c(=O)c6cc7c(c4c56)c4c3c2c(cc4n7C)c1=O. The standard InChI is InChI=1S/C35H31N3O4/c1-6-16(7-2)37-32(39)20-12-10-18-19-11-13-21-27-23(35(42)38(33(21)40)17(8-3)9-4)15-25-31(29(19)27)30-24(36(25)5)14-22(34(37)41)26(20)28(18)30/h10-17H,6-9H2,1-5H3. The lowest BCUT2D eigenvalue weighted by molar-refractivity contribution is 0.451. The molecule has 3 aromatic heterocycles. The molecule has 0 spiro atoms. The van der Waals surface area contributed by atoms with Gasteiger partial charge in [0.25, 0.3) is 22.2 Å². The third-order valence-electron chi connectivity index (χ3n) is 10.2. The molecule has 8 rings (SSSR count). The molecule has 3 heterocycles. The van der Waals surface area contributed by atoms with E-state index >= 15 is 0 Å². The van der Waals surface area contributed by atoms with Gasteiger partial charge in [0.1, 0.15) is 0 Å². The van der Waals surface area contributed by atoms with Gasteiger partial charge >= 0.3 is 0 Å². The van der Waals surface area contributed by atoms with Crippen LogP contribution in [0.25, 0.3) is 75.7 Å². The van der Waals surface area contributed by atoms with E-state index in [2.05, 4.69) is 4.57 Å². The highest BCUT2D eigenvalue weighted by Crippen LogP contribution is 2.49. The molecule has 0 amide bonds. The first kappa shape index (κ1) is 25.2. The Labute approximate surface area is 239 Å². The van der Waals surface area contributed by atoms with Crippen LogP contribution in [-0.4, -0.2) is 13.7 Å². The van der Waals surface area contributed by atoms with Crippen molar-refractivity contribution in [1.29, 1.82) is 0 Å². The zero-order valence-electron chi connectivity index (χ0n) is 24.4. The van der Waals surface area contributed by atoms with E-state index in [0.717, 1.165) is 43.4 Å². The minimum Gasteiger partial charge on any atom is -0.344 e. The van der Waals surface area contributed by atoms with E-state index in [-0.39, 0.29) is 34.3 Å². The summed E-state index contributed by atoms with van der Waals surface area (Å²) < 4.78 is 4.96. The number of rotatable bonds is 6. The van der Waals surface area contributed by atoms with Gasteiger partial charge in [0.15, 0.2) is 0 Å². The van der Waals surface area contributed by atoms with Crippen LogP contribution in [0, 0.1) is 0 Å². The van der Waals surface area contributed by atoms with Gasteiger partial charge in [-0.3, -0.25) is 28.3 Å². The normalized spacial score (nSPS) is 13.1. The molecule has 7 heteroatoms. The van der Waals surface area contributed by atoms with Crippen LogP contribution in [0.15, 0.2) is 55.6 Å². The van der Waals surface area contributed by atoms with Crippen molar-refractivity contribution < 1.29 is 0 Å². The summed E-state index contributed by atoms with van der Waals surface area (Å²) in [5.41, 5.74) is 0.764. The molecule has 0 aliphatic rings. The highest BCUT2D eigenvalue weighted by molar-refractivity contribution is 6.45. The van der Waals surface area contributed by atoms with Crippen molar-refractivity contribution in [3.8, 4) is 0 Å². The first-order valence-electron chi connectivity index (χ1n) is 15.1. The fraction of sp³-hybridized carbons (Fsp3) is 0.314. The van der Waals surface area contributed by atoms with Crippen LogP contribution in [0.2, 0.25) is 0 Å². The van der Waals surface area contributed by atoms with Gasteiger partial charge in [-0.15, -0.1) is 0 Å². The molecule has 0 bridgehead atoms. The number of fused-ring (bicyclic) bond motifs is 1. The van der Waals surface area contributed by atoms with Crippen LogP contribution in [0.1, 0.15) is 65.5 Å². The predicted molar refractivity (Wildman–Crippen MR) is 173 cm³/mol. The number of nitrogens with zero attached hydrogens (tertiary/aromatic N) is 3. The summed E-state index contributed by atoms with van der Waals surface area (Å²) in [7, 11) is 1.97. The van der Waals surface area contributed by atoms with Crippen molar-refractivity contribution in [2.75, 3.05) is 0 Å². The largest absolute Gasteiger partial charge is 0.344 e. The lowest BCUT2D eigenvalue weighted by Gasteiger charge is -2.20. The van der Waals surface area contributed by atoms with Crippen LogP contribution in [0.3, 0.4) is 0 Å². The van der Waals surface area contributed by atoms with E-state index in [0.29, 0.717) is 58.0 Å². The maximum absolute atomic E-state index is 14.1. The van der Waals surface area contributed by atoms with Gasteiger partial charge in [0, 0.05) is 62.2 Å². The van der Waals surface area contributed by atoms with E-state index in [1.807, 2.05) is 71.1 Å². The molecule has 7 nitrogen and oxygen atoms in total. The summed E-state index contributed by atoms with van der Waals surface area (Å²) in [4.78, 5) is 55.8. The van der Waals surface area contributed by atoms with Crippen LogP contribution < -0.4 is 22.2 Å². The van der Waals surface area contributed by atoms with Crippen LogP contribution in [-0.2, 0) is 7.05 Å². The molecule has 8 aromatic rings. The summed E-state index contributed by atoms with van der Waals surface area (Å²) in [5.74, 6) is 0. The molecule has 0 radical (unpaired) electrons. The van der Waals surface area contributed by atoms with Crippen molar-refractivity contribution in [3.05, 3.63) is 77.8 Å². The summed E-state index contributed by atoms with van der Waals surface area (Å²) in [6.45, 7) is 8.02. The van der Waals surface area contributed by atoms with E-state index in [1.165, 1.54) is 9.13 Å². The molecule has 0 unspecified atom stereocenters. The zero-order valence-corrected chi connectivity index (χ0v) is 24.4. The molecular weight excluding hydrogens is 526 g/mol. The number of pyridine rings is 2. The highest BCUT2D eigenvalue weighted by Gasteiger charge is 2.29. The molecule has 210 valence electrons. The Bertz CT molecular complexity index is 2440. The van der Waals surface area contributed by atoms with Crippen molar-refractivity contribution in [2.45, 2.75) is 65.5 Å². The van der Waals surface area contributed by atoms with E-state index in [4.69, 9.17) is 0 Å². The summed E-state index contributed by atoms with van der Waals surface area (Å²) in [6.07, 6.45) is 2.77. The van der Waals surface area contributed by atoms with E-state index in [1.54, 1.807) is 0 Å². The van der Waals surface area contributed by atoms with Gasteiger partial charge in [-0.05, 0) is 60.7 Å². The second-order valence-corrected chi connectivity index (χ2v) is 11.9. The van der Waals surface area contributed by atoms with Crippen molar-refractivity contribution in [3.63, 3.8) is 0 Å². The van der Waals surface area contributed by atoms with Gasteiger partial charge in [0.05, 0.1) is 21.8 Å². The Morgan fingerprint density at radius 1 is 0.476 bits per heavy atom. The van der Waals surface area contributed by atoms with Crippen molar-refractivity contribution in [1.82, 2.24) is 13.7 Å². The van der Waals surface area contributed by atoms with E-state index < -0.39 is 0 Å². The first-order valence-corrected chi connectivity index (χ1v) is 15.1. The van der Waals surface area contributed by atoms with Crippen molar-refractivity contribution >= 4 is 75.7 Å². The second kappa shape index (κ2) is 8.28. The molecular formula is C35H31N3O4. The van der Waals surface area contributed by atoms with Gasteiger partial charge < -0.3 is 4.57 Å². The Morgan fingerprint density at radius 3 is 1.17 bits per heavy atom. The maximum Gasteiger partial charge on any atom is 0.261 e. The molecule has 0 aliphatic carbocycles. The average Bonchev–Trinajstić information content (AvgIpc) is 3.29. The minimum atomic E-state index is -0.253. The monoisotopic (exact) mass is 557 g/mol.